The smallest absolute Gasteiger partial charge is 0.0367 e. The van der Waals surface area contributed by atoms with E-state index in [0.717, 1.165) is 44.7 Å². The Morgan fingerprint density at radius 2 is 1.89 bits per heavy atom. The summed E-state index contributed by atoms with van der Waals surface area (Å²) in [7, 11) is 0. The fourth-order valence-electron chi connectivity index (χ4n) is 4.33. The summed E-state index contributed by atoms with van der Waals surface area (Å²) in [5.74, 6) is 0.515. The summed E-state index contributed by atoms with van der Waals surface area (Å²) >= 11 is 0. The van der Waals surface area contributed by atoms with Gasteiger partial charge in [0.25, 0.3) is 0 Å². The molecule has 2 atom stereocenters. The number of allylic oxidation sites excluding steroid dienone is 3. The third-order valence-corrected chi connectivity index (χ3v) is 6.25. The average Bonchev–Trinajstić information content (AvgIpc) is 2.72. The predicted molar refractivity (Wildman–Crippen MR) is 118 cm³/mol. The molecule has 1 aromatic carbocycles. The molecule has 4 nitrogen and oxygen atoms in total. The fraction of sp³-hybridized carbons (Fsp3) is 0.375. The van der Waals surface area contributed by atoms with Crippen LogP contribution in [0.25, 0.3) is 0 Å². The second kappa shape index (κ2) is 8.19. The number of nitrogens with zero attached hydrogens (tertiary/aromatic N) is 2. The largest absolute Gasteiger partial charge is 0.368 e. The number of anilines is 1. The fourth-order valence-corrected chi connectivity index (χ4v) is 4.33. The van der Waals surface area contributed by atoms with E-state index in [1.807, 2.05) is 6.08 Å². The minimum Gasteiger partial charge on any atom is -0.368 e. The van der Waals surface area contributed by atoms with Crippen LogP contribution in [-0.4, -0.2) is 43.3 Å². The Bertz CT molecular complexity index is 823. The van der Waals surface area contributed by atoms with Crippen molar-refractivity contribution in [3.05, 3.63) is 77.6 Å². The maximum Gasteiger partial charge on any atom is 0.0367 e. The maximum absolute atomic E-state index is 7.28. The van der Waals surface area contributed by atoms with Gasteiger partial charge in [-0.3, -0.25) is 0 Å². The predicted octanol–water partition coefficient (Wildman–Crippen LogP) is 3.99. The van der Waals surface area contributed by atoms with Gasteiger partial charge in [0.2, 0.25) is 0 Å². The molecule has 1 aliphatic heterocycles. The Hall–Kier alpha value is -2.59. The monoisotopic (exact) mass is 374 g/mol. The van der Waals surface area contributed by atoms with Crippen molar-refractivity contribution in [2.24, 2.45) is 5.73 Å². The highest BCUT2D eigenvalue weighted by Gasteiger charge is 2.25. The van der Waals surface area contributed by atoms with Gasteiger partial charge in [-0.15, -0.1) is 0 Å². The molecule has 1 saturated carbocycles. The Morgan fingerprint density at radius 1 is 1.14 bits per heavy atom. The van der Waals surface area contributed by atoms with Crippen LogP contribution in [0.1, 0.15) is 30.7 Å². The van der Waals surface area contributed by atoms with Gasteiger partial charge in [0.05, 0.1) is 0 Å². The highest BCUT2D eigenvalue weighted by atomic mass is 15.3. The SMILES string of the molecule is C=C(C1=CCC(N)C=C1)N1CCN(c2ccc(C3CC/C3=C\C=N)cc2)CC1. The van der Waals surface area contributed by atoms with E-state index >= 15 is 0 Å². The van der Waals surface area contributed by atoms with Crippen molar-refractivity contribution in [2.45, 2.75) is 31.2 Å². The Morgan fingerprint density at radius 3 is 2.46 bits per heavy atom. The van der Waals surface area contributed by atoms with E-state index in [2.05, 4.69) is 58.9 Å². The molecule has 2 unspecified atom stereocenters. The normalized spacial score (nSPS) is 26.0. The lowest BCUT2D eigenvalue weighted by Gasteiger charge is -2.39. The average molecular weight is 375 g/mol. The Kier molecular flexibility index (Phi) is 5.49. The summed E-state index contributed by atoms with van der Waals surface area (Å²) in [4.78, 5) is 4.85. The molecule has 0 aromatic heterocycles. The lowest BCUT2D eigenvalue weighted by Crippen LogP contribution is -2.46. The quantitative estimate of drug-likeness (QED) is 0.766. The van der Waals surface area contributed by atoms with Crippen LogP contribution in [0, 0.1) is 5.41 Å². The first-order valence-corrected chi connectivity index (χ1v) is 10.3. The minimum absolute atomic E-state index is 0.146. The zero-order chi connectivity index (χ0) is 19.5. The van der Waals surface area contributed by atoms with Gasteiger partial charge in [0.15, 0.2) is 0 Å². The molecular formula is C24H30N4. The van der Waals surface area contributed by atoms with Gasteiger partial charge in [0.1, 0.15) is 0 Å². The molecule has 1 saturated heterocycles. The molecule has 146 valence electrons. The number of hydrogen-bond acceptors (Lipinski definition) is 4. The summed E-state index contributed by atoms with van der Waals surface area (Å²) in [5, 5.41) is 7.28. The van der Waals surface area contributed by atoms with Crippen LogP contribution in [0.2, 0.25) is 0 Å². The van der Waals surface area contributed by atoms with Crippen LogP contribution in [-0.2, 0) is 0 Å². The zero-order valence-corrected chi connectivity index (χ0v) is 16.5. The van der Waals surface area contributed by atoms with Gasteiger partial charge in [0, 0.05) is 55.7 Å². The highest BCUT2D eigenvalue weighted by molar-refractivity contribution is 5.70. The minimum atomic E-state index is 0.146. The summed E-state index contributed by atoms with van der Waals surface area (Å²) in [6, 6.07) is 9.20. The van der Waals surface area contributed by atoms with Gasteiger partial charge in [-0.25, -0.2) is 0 Å². The second-order valence-corrected chi connectivity index (χ2v) is 7.93. The number of nitrogens with two attached hydrogens (primary N) is 1. The molecule has 1 aromatic rings. The highest BCUT2D eigenvalue weighted by Crippen LogP contribution is 2.42. The van der Waals surface area contributed by atoms with E-state index < -0.39 is 0 Å². The molecule has 3 N–H and O–H groups in total. The van der Waals surface area contributed by atoms with Crippen LogP contribution >= 0.6 is 0 Å². The molecule has 0 bridgehead atoms. The molecule has 4 rings (SSSR count). The first kappa shape index (κ1) is 18.8. The third-order valence-electron chi connectivity index (χ3n) is 6.25. The van der Waals surface area contributed by atoms with Gasteiger partial charge < -0.3 is 20.9 Å². The summed E-state index contributed by atoms with van der Waals surface area (Å²) < 4.78 is 0. The molecular weight excluding hydrogens is 344 g/mol. The van der Waals surface area contributed by atoms with Gasteiger partial charge in [-0.2, -0.15) is 0 Å². The number of hydrogen-bond donors (Lipinski definition) is 2. The van der Waals surface area contributed by atoms with Crippen LogP contribution in [0.4, 0.5) is 5.69 Å². The Labute approximate surface area is 168 Å². The summed E-state index contributed by atoms with van der Waals surface area (Å²) in [6.07, 6.45) is 13.0. The van der Waals surface area contributed by atoms with Crippen molar-refractivity contribution in [1.29, 1.82) is 5.41 Å². The van der Waals surface area contributed by atoms with Crippen molar-refractivity contribution in [3.63, 3.8) is 0 Å². The molecule has 2 aliphatic carbocycles. The van der Waals surface area contributed by atoms with Crippen LogP contribution < -0.4 is 10.6 Å². The van der Waals surface area contributed by atoms with Gasteiger partial charge >= 0.3 is 0 Å². The van der Waals surface area contributed by atoms with Crippen molar-refractivity contribution in [1.82, 2.24) is 4.90 Å². The van der Waals surface area contributed by atoms with E-state index in [-0.39, 0.29) is 6.04 Å². The van der Waals surface area contributed by atoms with Crippen LogP contribution in [0.5, 0.6) is 0 Å². The van der Waals surface area contributed by atoms with Gasteiger partial charge in [-0.05, 0) is 48.6 Å². The lowest BCUT2D eigenvalue weighted by molar-refractivity contribution is 0.328. The van der Waals surface area contributed by atoms with E-state index in [1.165, 1.54) is 35.0 Å². The third kappa shape index (κ3) is 3.83. The Balaban J connectivity index is 1.34. The van der Waals surface area contributed by atoms with E-state index in [1.54, 1.807) is 0 Å². The number of benzene rings is 1. The van der Waals surface area contributed by atoms with E-state index in [0.29, 0.717) is 5.92 Å². The number of rotatable bonds is 5. The van der Waals surface area contributed by atoms with Crippen molar-refractivity contribution < 1.29 is 0 Å². The topological polar surface area (TPSA) is 56.4 Å². The molecule has 28 heavy (non-hydrogen) atoms. The lowest BCUT2D eigenvalue weighted by atomic mass is 9.75. The molecule has 0 radical (unpaired) electrons. The van der Waals surface area contributed by atoms with Gasteiger partial charge in [-0.1, -0.05) is 42.5 Å². The van der Waals surface area contributed by atoms with Crippen LogP contribution in [0.3, 0.4) is 0 Å². The van der Waals surface area contributed by atoms with E-state index in [4.69, 9.17) is 11.1 Å². The summed E-state index contributed by atoms with van der Waals surface area (Å²) in [6.45, 7) is 8.33. The first-order valence-electron chi connectivity index (χ1n) is 10.3. The standard InChI is InChI=1S/C24H30N4/c1-18(19-2-7-22(26)8-3-19)27-14-16-28(17-15-27)23-9-4-20(5-10-23)24-11-6-21(24)12-13-25/h2-5,7,9-10,12-13,22,24-25H,1,6,8,11,14-17,26H2/b21-12+,25-13?. The molecule has 1 heterocycles. The maximum atomic E-state index is 7.28. The van der Waals surface area contributed by atoms with Crippen molar-refractivity contribution >= 4 is 11.9 Å². The molecule has 0 spiro atoms. The first-order chi connectivity index (χ1) is 13.7. The molecule has 3 aliphatic rings. The van der Waals surface area contributed by atoms with Crippen molar-refractivity contribution in [2.75, 3.05) is 31.1 Å². The number of nitrogens with one attached hydrogen (secondary N) is 1. The molecule has 2 fully saturated rings. The number of piperazine rings is 1. The molecule has 4 heteroatoms. The van der Waals surface area contributed by atoms with Crippen LogP contribution in [0.15, 0.2) is 72.0 Å². The zero-order valence-electron chi connectivity index (χ0n) is 16.5. The molecule has 0 amide bonds. The van der Waals surface area contributed by atoms with E-state index in [9.17, 15) is 0 Å². The second-order valence-electron chi connectivity index (χ2n) is 7.93. The van der Waals surface area contributed by atoms with Crippen molar-refractivity contribution in [3.8, 4) is 0 Å². The summed E-state index contributed by atoms with van der Waals surface area (Å²) in [5.41, 5.74) is 12.3.